The molecule has 1 atom stereocenters. The predicted octanol–water partition coefficient (Wildman–Crippen LogP) is 1.37. The summed E-state index contributed by atoms with van der Waals surface area (Å²) < 4.78 is 0. The van der Waals surface area contributed by atoms with Crippen molar-refractivity contribution in [2.75, 3.05) is 14.1 Å². The molecule has 0 aromatic carbocycles. The van der Waals surface area contributed by atoms with Gasteiger partial charge in [0.2, 0.25) is 5.91 Å². The number of nitrogens with two attached hydrogens (primary N) is 1. The van der Waals surface area contributed by atoms with Gasteiger partial charge in [-0.2, -0.15) is 0 Å². The first-order valence-corrected chi connectivity index (χ1v) is 5.57. The average molecular weight is 198 g/mol. The zero-order chi connectivity index (χ0) is 10.6. The summed E-state index contributed by atoms with van der Waals surface area (Å²) in [6.45, 7) is 0. The van der Waals surface area contributed by atoms with E-state index in [1.54, 1.807) is 19.0 Å². The van der Waals surface area contributed by atoms with Crippen molar-refractivity contribution in [3.8, 4) is 0 Å². The quantitative estimate of drug-likeness (QED) is 0.744. The molecule has 0 bridgehead atoms. The SMILES string of the molecule is CN(C)C(=O)CC(N)C1CCCCC1. The largest absolute Gasteiger partial charge is 0.349 e. The Kier molecular flexibility index (Phi) is 4.39. The van der Waals surface area contributed by atoms with Crippen molar-refractivity contribution in [2.45, 2.75) is 44.6 Å². The number of carbonyl (C=O) groups is 1. The normalized spacial score (nSPS) is 20.5. The monoisotopic (exact) mass is 198 g/mol. The van der Waals surface area contributed by atoms with Gasteiger partial charge in [0.1, 0.15) is 0 Å². The second-order valence-electron chi connectivity index (χ2n) is 4.55. The van der Waals surface area contributed by atoms with Crippen LogP contribution < -0.4 is 5.73 Å². The minimum atomic E-state index is 0.0743. The van der Waals surface area contributed by atoms with Crippen molar-refractivity contribution in [3.05, 3.63) is 0 Å². The maximum atomic E-state index is 11.4. The van der Waals surface area contributed by atoms with Crippen LogP contribution in [0.2, 0.25) is 0 Å². The van der Waals surface area contributed by atoms with E-state index in [0.29, 0.717) is 12.3 Å². The van der Waals surface area contributed by atoms with Crippen molar-refractivity contribution in [2.24, 2.45) is 11.7 Å². The highest BCUT2D eigenvalue weighted by Gasteiger charge is 2.22. The van der Waals surface area contributed by atoms with Crippen LogP contribution in [0.15, 0.2) is 0 Å². The minimum absolute atomic E-state index is 0.0743. The van der Waals surface area contributed by atoms with Gasteiger partial charge in [0, 0.05) is 26.6 Å². The molecule has 1 unspecified atom stereocenters. The lowest BCUT2D eigenvalue weighted by atomic mass is 9.83. The Morgan fingerprint density at radius 2 is 1.93 bits per heavy atom. The number of carbonyl (C=O) groups excluding carboxylic acids is 1. The molecule has 1 saturated carbocycles. The van der Waals surface area contributed by atoms with E-state index in [2.05, 4.69) is 0 Å². The summed E-state index contributed by atoms with van der Waals surface area (Å²) in [5, 5.41) is 0. The molecule has 14 heavy (non-hydrogen) atoms. The topological polar surface area (TPSA) is 46.3 Å². The van der Waals surface area contributed by atoms with E-state index in [-0.39, 0.29) is 11.9 Å². The molecule has 1 aliphatic rings. The third kappa shape index (κ3) is 3.29. The zero-order valence-electron chi connectivity index (χ0n) is 9.33. The van der Waals surface area contributed by atoms with E-state index in [9.17, 15) is 4.79 Å². The molecule has 1 amide bonds. The van der Waals surface area contributed by atoms with Gasteiger partial charge in [-0.05, 0) is 18.8 Å². The van der Waals surface area contributed by atoms with Crippen molar-refractivity contribution in [3.63, 3.8) is 0 Å². The Morgan fingerprint density at radius 3 is 2.43 bits per heavy atom. The molecule has 1 aliphatic carbocycles. The molecule has 0 radical (unpaired) electrons. The molecule has 3 nitrogen and oxygen atoms in total. The Balaban J connectivity index is 2.32. The van der Waals surface area contributed by atoms with Crippen LogP contribution in [0.5, 0.6) is 0 Å². The minimum Gasteiger partial charge on any atom is -0.349 e. The highest BCUT2D eigenvalue weighted by atomic mass is 16.2. The molecule has 0 aliphatic heterocycles. The lowest BCUT2D eigenvalue weighted by molar-refractivity contribution is -0.129. The lowest BCUT2D eigenvalue weighted by Gasteiger charge is -2.27. The maximum absolute atomic E-state index is 11.4. The highest BCUT2D eigenvalue weighted by Crippen LogP contribution is 2.26. The van der Waals surface area contributed by atoms with Crippen LogP contribution in [-0.4, -0.2) is 30.9 Å². The smallest absolute Gasteiger partial charge is 0.223 e. The molecule has 0 spiro atoms. The lowest BCUT2D eigenvalue weighted by Crippen LogP contribution is -2.37. The van der Waals surface area contributed by atoms with Crippen LogP contribution in [0.3, 0.4) is 0 Å². The van der Waals surface area contributed by atoms with Gasteiger partial charge >= 0.3 is 0 Å². The van der Waals surface area contributed by atoms with Gasteiger partial charge in [0.05, 0.1) is 0 Å². The molecule has 82 valence electrons. The van der Waals surface area contributed by atoms with Gasteiger partial charge in [-0.3, -0.25) is 4.79 Å². The summed E-state index contributed by atoms with van der Waals surface area (Å²) in [7, 11) is 3.58. The Labute approximate surface area is 86.6 Å². The van der Waals surface area contributed by atoms with Gasteiger partial charge < -0.3 is 10.6 Å². The highest BCUT2D eigenvalue weighted by molar-refractivity contribution is 5.76. The van der Waals surface area contributed by atoms with E-state index >= 15 is 0 Å². The fraction of sp³-hybridized carbons (Fsp3) is 0.909. The first kappa shape index (κ1) is 11.5. The van der Waals surface area contributed by atoms with Gasteiger partial charge in [-0.15, -0.1) is 0 Å². The summed E-state index contributed by atoms with van der Waals surface area (Å²) in [4.78, 5) is 13.1. The van der Waals surface area contributed by atoms with Crippen molar-refractivity contribution < 1.29 is 4.79 Å². The average Bonchev–Trinajstić information content (AvgIpc) is 2.19. The standard InChI is InChI=1S/C11H22N2O/c1-13(2)11(14)8-10(12)9-6-4-3-5-7-9/h9-10H,3-8,12H2,1-2H3. The number of rotatable bonds is 3. The Hall–Kier alpha value is -0.570. The van der Waals surface area contributed by atoms with Crippen molar-refractivity contribution in [1.82, 2.24) is 4.90 Å². The van der Waals surface area contributed by atoms with Crippen molar-refractivity contribution in [1.29, 1.82) is 0 Å². The van der Waals surface area contributed by atoms with E-state index < -0.39 is 0 Å². The third-order valence-corrected chi connectivity index (χ3v) is 3.16. The molecule has 0 aromatic rings. The molecule has 1 fully saturated rings. The molecule has 0 saturated heterocycles. The van der Waals surface area contributed by atoms with Crippen molar-refractivity contribution >= 4 is 5.91 Å². The molecule has 3 heteroatoms. The number of nitrogens with zero attached hydrogens (tertiary/aromatic N) is 1. The summed E-state index contributed by atoms with van der Waals surface area (Å²) in [6, 6.07) is 0.0743. The van der Waals surface area contributed by atoms with Crippen LogP contribution in [0.4, 0.5) is 0 Å². The van der Waals surface area contributed by atoms with E-state index in [4.69, 9.17) is 5.73 Å². The third-order valence-electron chi connectivity index (χ3n) is 3.16. The fourth-order valence-electron chi connectivity index (χ4n) is 2.11. The molecule has 2 N–H and O–H groups in total. The zero-order valence-corrected chi connectivity index (χ0v) is 9.33. The number of amides is 1. The predicted molar refractivity (Wildman–Crippen MR) is 57.9 cm³/mol. The molecule has 0 aromatic heterocycles. The first-order chi connectivity index (χ1) is 6.61. The molecule has 1 rings (SSSR count). The summed E-state index contributed by atoms with van der Waals surface area (Å²) in [5.74, 6) is 0.732. The molecular formula is C11H22N2O. The van der Waals surface area contributed by atoms with Crippen LogP contribution >= 0.6 is 0 Å². The fourth-order valence-corrected chi connectivity index (χ4v) is 2.11. The first-order valence-electron chi connectivity index (χ1n) is 5.57. The molecule has 0 heterocycles. The second-order valence-corrected chi connectivity index (χ2v) is 4.55. The maximum Gasteiger partial charge on any atom is 0.223 e. The summed E-state index contributed by atoms with van der Waals surface area (Å²) in [5.41, 5.74) is 6.04. The van der Waals surface area contributed by atoms with Gasteiger partial charge in [-0.1, -0.05) is 19.3 Å². The van der Waals surface area contributed by atoms with Crippen LogP contribution in [-0.2, 0) is 4.79 Å². The van der Waals surface area contributed by atoms with E-state index in [1.807, 2.05) is 0 Å². The number of hydrogen-bond acceptors (Lipinski definition) is 2. The Bertz CT molecular complexity index is 186. The van der Waals surface area contributed by atoms with E-state index in [1.165, 1.54) is 32.1 Å². The van der Waals surface area contributed by atoms with E-state index in [0.717, 1.165) is 0 Å². The Morgan fingerprint density at radius 1 is 1.36 bits per heavy atom. The van der Waals surface area contributed by atoms with Gasteiger partial charge in [0.15, 0.2) is 0 Å². The molecular weight excluding hydrogens is 176 g/mol. The van der Waals surface area contributed by atoms with Gasteiger partial charge in [-0.25, -0.2) is 0 Å². The number of hydrogen-bond donors (Lipinski definition) is 1. The second kappa shape index (κ2) is 5.35. The van der Waals surface area contributed by atoms with Crippen LogP contribution in [0, 0.1) is 5.92 Å². The summed E-state index contributed by atoms with van der Waals surface area (Å²) in [6.07, 6.45) is 6.84. The van der Waals surface area contributed by atoms with Crippen LogP contribution in [0.25, 0.3) is 0 Å². The summed E-state index contributed by atoms with van der Waals surface area (Å²) >= 11 is 0. The van der Waals surface area contributed by atoms with Crippen LogP contribution in [0.1, 0.15) is 38.5 Å². The van der Waals surface area contributed by atoms with Gasteiger partial charge in [0.25, 0.3) is 0 Å².